The van der Waals surface area contributed by atoms with Crippen molar-refractivity contribution in [2.75, 3.05) is 0 Å². The molecule has 0 saturated heterocycles. The number of rotatable bonds is 7. The van der Waals surface area contributed by atoms with Gasteiger partial charge in [-0.2, -0.15) is 0 Å². The van der Waals surface area contributed by atoms with Gasteiger partial charge in [-0.1, -0.05) is 25.1 Å². The minimum absolute atomic E-state index is 0.163. The van der Waals surface area contributed by atoms with E-state index in [1.165, 1.54) is 12.1 Å². The summed E-state index contributed by atoms with van der Waals surface area (Å²) in [5.74, 6) is -0.391. The average molecular weight is 320 g/mol. The second kappa shape index (κ2) is 7.87. The van der Waals surface area contributed by atoms with Crippen molar-refractivity contribution in [3.63, 3.8) is 0 Å². The van der Waals surface area contributed by atoms with Gasteiger partial charge in [0.05, 0.1) is 12.3 Å². The monoisotopic (exact) mass is 320 g/mol. The Kier molecular flexibility index (Phi) is 5.87. The van der Waals surface area contributed by atoms with Crippen molar-refractivity contribution >= 4 is 5.91 Å². The van der Waals surface area contributed by atoms with Gasteiger partial charge in [-0.25, -0.2) is 4.39 Å². The van der Waals surface area contributed by atoms with Crippen LogP contribution in [0, 0.1) is 5.82 Å². The first-order valence-corrected chi connectivity index (χ1v) is 7.72. The molecule has 0 saturated carbocycles. The van der Waals surface area contributed by atoms with Crippen molar-refractivity contribution in [1.29, 1.82) is 0 Å². The zero-order valence-corrected chi connectivity index (χ0v) is 13.3. The zero-order chi connectivity index (χ0) is 16.8. The van der Waals surface area contributed by atoms with Gasteiger partial charge in [0.15, 0.2) is 0 Å². The fourth-order valence-corrected chi connectivity index (χ4v) is 2.42. The second-order valence-electron chi connectivity index (χ2n) is 5.40. The van der Waals surface area contributed by atoms with Gasteiger partial charge in [0.1, 0.15) is 5.82 Å². The third kappa shape index (κ3) is 4.16. The lowest BCUT2D eigenvalue weighted by molar-refractivity contribution is 0.0914. The predicted molar refractivity (Wildman–Crippen MR) is 83.3 cm³/mol. The number of amides is 1. The standard InChI is InChI=1S/C17H21FN2O3/c1-3-12(4-2)15-8-16(23-20-15)17(22)19-9-11-5-6-14(18)13(7-11)10-21/h5-8,12,21H,3-4,9-10H2,1-2H3,(H,19,22). The van der Waals surface area contributed by atoms with Crippen LogP contribution in [-0.4, -0.2) is 16.2 Å². The van der Waals surface area contributed by atoms with E-state index in [-0.39, 0.29) is 36.3 Å². The first kappa shape index (κ1) is 17.1. The molecule has 1 amide bonds. The fourth-order valence-electron chi connectivity index (χ4n) is 2.42. The van der Waals surface area contributed by atoms with Gasteiger partial charge in [-0.3, -0.25) is 4.79 Å². The molecule has 1 aromatic carbocycles. The largest absolute Gasteiger partial charge is 0.392 e. The molecule has 0 bridgehead atoms. The number of carbonyl (C=O) groups excluding carboxylic acids is 1. The average Bonchev–Trinajstić information content (AvgIpc) is 3.05. The number of aromatic nitrogens is 1. The number of nitrogens with one attached hydrogen (secondary N) is 1. The lowest BCUT2D eigenvalue weighted by atomic mass is 9.99. The number of carbonyl (C=O) groups is 1. The molecule has 0 atom stereocenters. The molecule has 6 heteroatoms. The minimum atomic E-state index is -0.465. The molecule has 0 unspecified atom stereocenters. The normalized spacial score (nSPS) is 11.0. The van der Waals surface area contributed by atoms with Gasteiger partial charge in [0.2, 0.25) is 5.76 Å². The predicted octanol–water partition coefficient (Wildman–Crippen LogP) is 3.14. The van der Waals surface area contributed by atoms with Crippen LogP contribution in [0.25, 0.3) is 0 Å². The van der Waals surface area contributed by atoms with E-state index in [0.717, 1.165) is 18.5 Å². The maximum Gasteiger partial charge on any atom is 0.290 e. The Bertz CT molecular complexity index is 666. The quantitative estimate of drug-likeness (QED) is 0.822. The molecule has 0 fully saturated rings. The minimum Gasteiger partial charge on any atom is -0.392 e. The number of aliphatic hydroxyl groups excluding tert-OH is 1. The fraction of sp³-hybridized carbons (Fsp3) is 0.412. The molecule has 5 nitrogen and oxygen atoms in total. The van der Waals surface area contributed by atoms with Crippen LogP contribution in [0.3, 0.4) is 0 Å². The molecule has 0 aliphatic heterocycles. The van der Waals surface area contributed by atoms with Crippen molar-refractivity contribution in [1.82, 2.24) is 10.5 Å². The summed E-state index contributed by atoms with van der Waals surface area (Å²) >= 11 is 0. The van der Waals surface area contributed by atoms with Crippen molar-refractivity contribution in [2.45, 2.75) is 45.8 Å². The molecule has 23 heavy (non-hydrogen) atoms. The molecule has 124 valence electrons. The lowest BCUT2D eigenvalue weighted by Crippen LogP contribution is -2.22. The summed E-state index contributed by atoms with van der Waals surface area (Å²) in [6.07, 6.45) is 1.87. The highest BCUT2D eigenvalue weighted by atomic mass is 19.1. The number of aliphatic hydroxyl groups is 1. The molecule has 1 heterocycles. The highest BCUT2D eigenvalue weighted by Gasteiger charge is 2.17. The van der Waals surface area contributed by atoms with Crippen LogP contribution in [-0.2, 0) is 13.2 Å². The third-order valence-corrected chi connectivity index (χ3v) is 3.89. The summed E-state index contributed by atoms with van der Waals surface area (Å²) in [6.45, 7) is 3.97. The van der Waals surface area contributed by atoms with E-state index in [1.54, 1.807) is 12.1 Å². The summed E-state index contributed by atoms with van der Waals surface area (Å²) in [5.41, 5.74) is 1.68. The Morgan fingerprint density at radius 3 is 2.74 bits per heavy atom. The Labute approximate surface area is 134 Å². The topological polar surface area (TPSA) is 75.4 Å². The van der Waals surface area contributed by atoms with E-state index in [9.17, 15) is 9.18 Å². The van der Waals surface area contributed by atoms with Crippen LogP contribution in [0.15, 0.2) is 28.8 Å². The highest BCUT2D eigenvalue weighted by Crippen LogP contribution is 2.22. The van der Waals surface area contributed by atoms with Crippen LogP contribution in [0.5, 0.6) is 0 Å². The number of halogens is 1. The van der Waals surface area contributed by atoms with Gasteiger partial charge in [0.25, 0.3) is 5.91 Å². The molecule has 1 aromatic heterocycles. The molecular formula is C17H21FN2O3. The highest BCUT2D eigenvalue weighted by molar-refractivity contribution is 5.91. The summed E-state index contributed by atoms with van der Waals surface area (Å²) in [6, 6.07) is 6.01. The van der Waals surface area contributed by atoms with Crippen molar-refractivity contribution in [3.8, 4) is 0 Å². The molecule has 0 aliphatic rings. The van der Waals surface area contributed by atoms with E-state index in [2.05, 4.69) is 24.3 Å². The van der Waals surface area contributed by atoms with E-state index in [4.69, 9.17) is 9.63 Å². The van der Waals surface area contributed by atoms with Crippen molar-refractivity contribution in [3.05, 3.63) is 52.7 Å². The molecule has 2 rings (SSSR count). The smallest absolute Gasteiger partial charge is 0.290 e. The van der Waals surface area contributed by atoms with E-state index >= 15 is 0 Å². The Balaban J connectivity index is 2.00. The number of benzene rings is 1. The Hall–Kier alpha value is -2.21. The first-order valence-electron chi connectivity index (χ1n) is 7.72. The van der Waals surface area contributed by atoms with Crippen LogP contribution in [0.4, 0.5) is 4.39 Å². The van der Waals surface area contributed by atoms with E-state index in [0.29, 0.717) is 5.56 Å². The third-order valence-electron chi connectivity index (χ3n) is 3.89. The summed E-state index contributed by atoms with van der Waals surface area (Å²) in [4.78, 5) is 12.1. The zero-order valence-electron chi connectivity index (χ0n) is 13.3. The van der Waals surface area contributed by atoms with E-state index in [1.807, 2.05) is 0 Å². The molecule has 0 radical (unpaired) electrons. The Morgan fingerprint density at radius 2 is 2.09 bits per heavy atom. The first-order chi connectivity index (χ1) is 11.1. The second-order valence-corrected chi connectivity index (χ2v) is 5.40. The molecule has 0 aliphatic carbocycles. The molecule has 2 aromatic rings. The maximum absolute atomic E-state index is 13.3. The van der Waals surface area contributed by atoms with Gasteiger partial charge >= 0.3 is 0 Å². The Morgan fingerprint density at radius 1 is 1.35 bits per heavy atom. The SMILES string of the molecule is CCC(CC)c1cc(C(=O)NCc2ccc(F)c(CO)c2)on1. The van der Waals surface area contributed by atoms with Crippen LogP contribution < -0.4 is 5.32 Å². The molecule has 0 spiro atoms. The summed E-state index contributed by atoms with van der Waals surface area (Å²) in [7, 11) is 0. The lowest BCUT2D eigenvalue weighted by Gasteiger charge is -2.06. The van der Waals surface area contributed by atoms with Gasteiger partial charge in [-0.05, 0) is 30.5 Å². The number of hydrogen-bond acceptors (Lipinski definition) is 4. The number of hydrogen-bond donors (Lipinski definition) is 2. The summed E-state index contributed by atoms with van der Waals surface area (Å²) in [5, 5.41) is 15.7. The van der Waals surface area contributed by atoms with Gasteiger partial charge in [0, 0.05) is 24.1 Å². The maximum atomic E-state index is 13.3. The molecular weight excluding hydrogens is 299 g/mol. The van der Waals surface area contributed by atoms with Crippen molar-refractivity contribution in [2.24, 2.45) is 0 Å². The molecule has 2 N–H and O–H groups in total. The van der Waals surface area contributed by atoms with Crippen LogP contribution >= 0.6 is 0 Å². The van der Waals surface area contributed by atoms with Gasteiger partial charge in [-0.15, -0.1) is 0 Å². The van der Waals surface area contributed by atoms with E-state index < -0.39 is 5.82 Å². The number of nitrogens with zero attached hydrogens (tertiary/aromatic N) is 1. The van der Waals surface area contributed by atoms with Crippen molar-refractivity contribution < 1.29 is 18.8 Å². The van der Waals surface area contributed by atoms with Crippen LogP contribution in [0.1, 0.15) is 60.0 Å². The van der Waals surface area contributed by atoms with Gasteiger partial charge < -0.3 is 14.9 Å². The summed E-state index contributed by atoms with van der Waals surface area (Å²) < 4.78 is 18.4. The van der Waals surface area contributed by atoms with Crippen LogP contribution in [0.2, 0.25) is 0 Å².